The number of aromatic amines is 1. The van der Waals surface area contributed by atoms with E-state index in [9.17, 15) is 14.4 Å². The lowest BCUT2D eigenvalue weighted by molar-refractivity contribution is 0.0928. The molecule has 148 valence electrons. The molecular formula is C21H20N4O3S. The second kappa shape index (κ2) is 9.11. The molecule has 0 atom stereocenters. The summed E-state index contributed by atoms with van der Waals surface area (Å²) in [4.78, 5) is 39.8. The Labute approximate surface area is 172 Å². The number of rotatable bonds is 7. The van der Waals surface area contributed by atoms with Crippen LogP contribution in [0.15, 0.2) is 66.0 Å². The average Bonchev–Trinajstić information content (AvgIpc) is 2.74. The lowest BCUT2D eigenvalue weighted by Gasteiger charge is -2.09. The Bertz CT molecular complexity index is 1180. The molecule has 0 unspecified atom stereocenters. The van der Waals surface area contributed by atoms with E-state index >= 15 is 0 Å². The SMILES string of the molecule is C=CCn1c(=S)[nH]c2cc(C(=O)NCCNC(=O)c3ccccc3)ccc2c1=O. The summed E-state index contributed by atoms with van der Waals surface area (Å²) in [7, 11) is 0. The molecule has 3 aromatic rings. The van der Waals surface area contributed by atoms with Gasteiger partial charge < -0.3 is 15.6 Å². The van der Waals surface area contributed by atoms with Gasteiger partial charge in [0.2, 0.25) is 0 Å². The van der Waals surface area contributed by atoms with Crippen molar-refractivity contribution < 1.29 is 9.59 Å². The van der Waals surface area contributed by atoms with Crippen molar-refractivity contribution in [1.29, 1.82) is 0 Å². The number of hydrogen-bond acceptors (Lipinski definition) is 4. The summed E-state index contributed by atoms with van der Waals surface area (Å²) in [5.74, 6) is -0.510. The number of nitrogens with one attached hydrogen (secondary N) is 3. The molecule has 3 N–H and O–H groups in total. The second-order valence-corrected chi connectivity index (χ2v) is 6.66. The molecule has 0 saturated carbocycles. The number of H-pyrrole nitrogens is 1. The van der Waals surface area contributed by atoms with Gasteiger partial charge in [-0.15, -0.1) is 6.58 Å². The Morgan fingerprint density at radius 1 is 1.03 bits per heavy atom. The van der Waals surface area contributed by atoms with E-state index in [0.717, 1.165) is 0 Å². The molecule has 0 aliphatic carbocycles. The van der Waals surface area contributed by atoms with Crippen LogP contribution in [0, 0.1) is 4.77 Å². The molecule has 3 rings (SSSR count). The van der Waals surface area contributed by atoms with E-state index in [4.69, 9.17) is 12.2 Å². The zero-order valence-corrected chi connectivity index (χ0v) is 16.4. The lowest BCUT2D eigenvalue weighted by atomic mass is 10.1. The smallest absolute Gasteiger partial charge is 0.262 e. The van der Waals surface area contributed by atoms with Gasteiger partial charge in [0.25, 0.3) is 17.4 Å². The third kappa shape index (κ3) is 4.67. The number of nitrogens with zero attached hydrogens (tertiary/aromatic N) is 1. The van der Waals surface area contributed by atoms with Crippen LogP contribution in [0.1, 0.15) is 20.7 Å². The zero-order valence-electron chi connectivity index (χ0n) is 15.6. The van der Waals surface area contributed by atoms with E-state index in [-0.39, 0.29) is 28.7 Å². The molecule has 0 saturated heterocycles. The van der Waals surface area contributed by atoms with Gasteiger partial charge in [-0.05, 0) is 42.5 Å². The molecule has 2 amide bonds. The molecule has 0 aliphatic rings. The van der Waals surface area contributed by atoms with Crippen LogP contribution < -0.4 is 16.2 Å². The minimum Gasteiger partial charge on any atom is -0.350 e. The number of benzene rings is 2. The Kier molecular flexibility index (Phi) is 6.36. The van der Waals surface area contributed by atoms with Crippen molar-refractivity contribution in [1.82, 2.24) is 20.2 Å². The lowest BCUT2D eigenvalue weighted by Crippen LogP contribution is -2.34. The molecule has 7 nitrogen and oxygen atoms in total. The Hall–Kier alpha value is -3.52. The van der Waals surface area contributed by atoms with Crippen molar-refractivity contribution in [3.8, 4) is 0 Å². The van der Waals surface area contributed by atoms with Gasteiger partial charge in [-0.1, -0.05) is 24.3 Å². The van der Waals surface area contributed by atoms with Crippen molar-refractivity contribution in [2.45, 2.75) is 6.54 Å². The Morgan fingerprint density at radius 2 is 1.69 bits per heavy atom. The van der Waals surface area contributed by atoms with Crippen LogP contribution in [0.5, 0.6) is 0 Å². The highest BCUT2D eigenvalue weighted by Gasteiger charge is 2.10. The molecule has 29 heavy (non-hydrogen) atoms. The van der Waals surface area contributed by atoms with E-state index in [2.05, 4.69) is 22.2 Å². The van der Waals surface area contributed by atoms with E-state index in [1.165, 1.54) is 4.57 Å². The average molecular weight is 408 g/mol. The van der Waals surface area contributed by atoms with Crippen LogP contribution in [-0.2, 0) is 6.54 Å². The van der Waals surface area contributed by atoms with Gasteiger partial charge in [0, 0.05) is 30.8 Å². The van der Waals surface area contributed by atoms with Gasteiger partial charge in [-0.3, -0.25) is 19.0 Å². The second-order valence-electron chi connectivity index (χ2n) is 6.27. The number of hydrogen-bond donors (Lipinski definition) is 3. The molecular weight excluding hydrogens is 388 g/mol. The summed E-state index contributed by atoms with van der Waals surface area (Å²) in [5, 5.41) is 5.92. The molecule has 0 fully saturated rings. The number of amides is 2. The molecule has 0 aliphatic heterocycles. The fourth-order valence-electron chi connectivity index (χ4n) is 2.84. The topological polar surface area (TPSA) is 96.0 Å². The molecule has 1 heterocycles. The van der Waals surface area contributed by atoms with Crippen molar-refractivity contribution in [3.05, 3.63) is 87.4 Å². The highest BCUT2D eigenvalue weighted by molar-refractivity contribution is 7.71. The summed E-state index contributed by atoms with van der Waals surface area (Å²) in [6.07, 6.45) is 1.59. The van der Waals surface area contributed by atoms with Gasteiger partial charge in [0.05, 0.1) is 10.9 Å². The van der Waals surface area contributed by atoms with E-state index < -0.39 is 0 Å². The largest absolute Gasteiger partial charge is 0.350 e. The maximum absolute atomic E-state index is 12.5. The molecule has 8 heteroatoms. The first-order valence-electron chi connectivity index (χ1n) is 9.00. The maximum atomic E-state index is 12.5. The van der Waals surface area contributed by atoms with Gasteiger partial charge in [0.1, 0.15) is 0 Å². The van der Waals surface area contributed by atoms with Gasteiger partial charge in [-0.2, -0.15) is 0 Å². The highest BCUT2D eigenvalue weighted by atomic mass is 32.1. The summed E-state index contributed by atoms with van der Waals surface area (Å²) in [5.41, 5.74) is 1.20. The summed E-state index contributed by atoms with van der Waals surface area (Å²) in [6.45, 7) is 4.49. The van der Waals surface area contributed by atoms with Gasteiger partial charge >= 0.3 is 0 Å². The summed E-state index contributed by atoms with van der Waals surface area (Å²) in [6, 6.07) is 13.6. The molecule has 0 bridgehead atoms. The molecule has 0 radical (unpaired) electrons. The minimum atomic E-state index is -0.310. The highest BCUT2D eigenvalue weighted by Crippen LogP contribution is 2.11. The van der Waals surface area contributed by atoms with Crippen LogP contribution in [0.3, 0.4) is 0 Å². The molecule has 1 aromatic heterocycles. The number of carbonyl (C=O) groups excluding carboxylic acids is 2. The molecule has 0 spiro atoms. The van der Waals surface area contributed by atoms with Gasteiger partial charge in [0.15, 0.2) is 4.77 Å². The number of allylic oxidation sites excluding steroid dienone is 1. The zero-order chi connectivity index (χ0) is 20.8. The van der Waals surface area contributed by atoms with Crippen LogP contribution in [0.25, 0.3) is 10.9 Å². The third-order valence-corrected chi connectivity index (χ3v) is 4.61. The summed E-state index contributed by atoms with van der Waals surface area (Å²) < 4.78 is 1.67. The van der Waals surface area contributed by atoms with Crippen molar-refractivity contribution in [2.75, 3.05) is 13.1 Å². The monoisotopic (exact) mass is 408 g/mol. The predicted molar refractivity (Wildman–Crippen MR) is 115 cm³/mol. The first kappa shape index (κ1) is 20.2. The van der Waals surface area contributed by atoms with Crippen molar-refractivity contribution >= 4 is 34.9 Å². The first-order valence-corrected chi connectivity index (χ1v) is 9.41. The van der Waals surface area contributed by atoms with Crippen LogP contribution in [0.2, 0.25) is 0 Å². The fourth-order valence-corrected chi connectivity index (χ4v) is 3.10. The van der Waals surface area contributed by atoms with E-state index in [1.54, 1.807) is 48.5 Å². The van der Waals surface area contributed by atoms with Crippen molar-refractivity contribution in [3.63, 3.8) is 0 Å². The predicted octanol–water partition coefficient (Wildman–Crippen LogP) is 2.40. The third-order valence-electron chi connectivity index (χ3n) is 4.29. The normalized spacial score (nSPS) is 10.5. The standard InChI is InChI=1S/C21H20N4O3S/c1-2-12-25-20(28)16-9-8-15(13-17(16)24-21(25)29)19(27)23-11-10-22-18(26)14-6-4-3-5-7-14/h2-9,13H,1,10-12H2,(H,22,26)(H,23,27)(H,24,29). The maximum Gasteiger partial charge on any atom is 0.262 e. The van der Waals surface area contributed by atoms with Crippen LogP contribution >= 0.6 is 12.2 Å². The Balaban J connectivity index is 1.64. The number of carbonyl (C=O) groups is 2. The molecule has 2 aromatic carbocycles. The van der Waals surface area contributed by atoms with Crippen LogP contribution in [-0.4, -0.2) is 34.5 Å². The van der Waals surface area contributed by atoms with Gasteiger partial charge in [-0.25, -0.2) is 0 Å². The van der Waals surface area contributed by atoms with Crippen LogP contribution in [0.4, 0.5) is 0 Å². The van der Waals surface area contributed by atoms with Crippen molar-refractivity contribution in [2.24, 2.45) is 0 Å². The number of aromatic nitrogens is 2. The van der Waals surface area contributed by atoms with E-state index in [1.807, 2.05) is 6.07 Å². The van der Waals surface area contributed by atoms with E-state index in [0.29, 0.717) is 35.1 Å². The number of fused-ring (bicyclic) bond motifs is 1. The first-order chi connectivity index (χ1) is 14.0. The minimum absolute atomic E-state index is 0.200. The quantitative estimate of drug-likeness (QED) is 0.318. The fraction of sp³-hybridized carbons (Fsp3) is 0.143. The Morgan fingerprint density at radius 3 is 2.34 bits per heavy atom. The summed E-state index contributed by atoms with van der Waals surface area (Å²) >= 11 is 5.21.